The Kier molecular flexibility index (Phi) is 3.28. The number of halogens is 2. The van der Waals surface area contributed by atoms with Gasteiger partial charge in [0, 0.05) is 0 Å². The summed E-state index contributed by atoms with van der Waals surface area (Å²) in [6.07, 6.45) is 1.14. The lowest BCUT2D eigenvalue weighted by Gasteiger charge is -1.98. The molecule has 0 spiro atoms. The highest BCUT2D eigenvalue weighted by Gasteiger charge is 1.98. The average molecular weight is 187 g/mol. The van der Waals surface area contributed by atoms with Crippen LogP contribution in [0.15, 0.2) is 18.2 Å². The molecule has 58 valence electrons. The Bertz CT molecular complexity index is 248. The lowest BCUT2D eigenvalue weighted by molar-refractivity contribution is 1.46. The Morgan fingerprint density at radius 1 is 1.27 bits per heavy atom. The molecule has 0 unspecified atom stereocenters. The van der Waals surface area contributed by atoms with Crippen molar-refractivity contribution >= 4 is 35.9 Å². The van der Waals surface area contributed by atoms with Crippen LogP contribution >= 0.6 is 23.2 Å². The van der Waals surface area contributed by atoms with Gasteiger partial charge in [-0.1, -0.05) is 48.0 Å². The zero-order valence-corrected chi connectivity index (χ0v) is 7.91. The molecule has 0 heterocycles. The Balaban J connectivity index is 2.86. The van der Waals surface area contributed by atoms with E-state index in [1.54, 1.807) is 0 Å². The van der Waals surface area contributed by atoms with Crippen molar-refractivity contribution in [2.24, 2.45) is 0 Å². The van der Waals surface area contributed by atoms with Crippen LogP contribution in [0.2, 0.25) is 16.4 Å². The monoisotopic (exact) mass is 186 g/mol. The normalized spacial score (nSPS) is 9.73. The third-order valence-electron chi connectivity index (χ3n) is 1.52. The molecule has 0 fully saturated rings. The molecule has 0 atom stereocenters. The standard InChI is InChI=1S/C8H9BCl2/c1-2-9-6-3-4-7(10)8(11)5-6/h3-5,9H,2H2,1H3. The maximum atomic E-state index is 5.82. The lowest BCUT2D eigenvalue weighted by atomic mass is 9.68. The molecule has 0 bridgehead atoms. The highest BCUT2D eigenvalue weighted by Crippen LogP contribution is 2.18. The second kappa shape index (κ2) is 4.03. The van der Waals surface area contributed by atoms with Crippen LogP contribution in [0.5, 0.6) is 0 Å². The van der Waals surface area contributed by atoms with Crippen LogP contribution in [-0.4, -0.2) is 7.28 Å². The van der Waals surface area contributed by atoms with Gasteiger partial charge in [-0.15, -0.1) is 0 Å². The molecule has 0 N–H and O–H groups in total. The zero-order valence-electron chi connectivity index (χ0n) is 6.40. The third-order valence-corrected chi connectivity index (χ3v) is 2.26. The van der Waals surface area contributed by atoms with Gasteiger partial charge in [-0.3, -0.25) is 0 Å². The van der Waals surface area contributed by atoms with Crippen LogP contribution in [0, 0.1) is 0 Å². The second-order valence-electron chi connectivity index (χ2n) is 2.50. The first-order chi connectivity index (χ1) is 5.24. The van der Waals surface area contributed by atoms with Crippen molar-refractivity contribution in [2.45, 2.75) is 13.2 Å². The molecular weight excluding hydrogens is 178 g/mol. The molecule has 3 heteroatoms. The van der Waals surface area contributed by atoms with Gasteiger partial charge in [0.2, 0.25) is 0 Å². The van der Waals surface area contributed by atoms with Gasteiger partial charge >= 0.3 is 0 Å². The van der Waals surface area contributed by atoms with E-state index in [9.17, 15) is 0 Å². The van der Waals surface area contributed by atoms with E-state index in [4.69, 9.17) is 23.2 Å². The Morgan fingerprint density at radius 3 is 2.55 bits per heavy atom. The third kappa shape index (κ3) is 2.42. The highest BCUT2D eigenvalue weighted by atomic mass is 35.5. The predicted octanol–water partition coefficient (Wildman–Crippen LogP) is 2.49. The molecule has 0 saturated heterocycles. The van der Waals surface area contributed by atoms with Crippen molar-refractivity contribution in [2.75, 3.05) is 0 Å². The van der Waals surface area contributed by atoms with Gasteiger partial charge in [0.1, 0.15) is 0 Å². The molecule has 0 aliphatic heterocycles. The molecule has 11 heavy (non-hydrogen) atoms. The van der Waals surface area contributed by atoms with Crippen molar-refractivity contribution in [3.05, 3.63) is 28.2 Å². The van der Waals surface area contributed by atoms with E-state index in [2.05, 4.69) is 6.92 Å². The molecule has 0 radical (unpaired) electrons. The number of rotatable bonds is 2. The quantitative estimate of drug-likeness (QED) is 0.623. The van der Waals surface area contributed by atoms with Crippen LogP contribution in [0.25, 0.3) is 0 Å². The summed E-state index contributed by atoms with van der Waals surface area (Å²) in [5.74, 6) is 0. The first-order valence-corrected chi connectivity index (χ1v) is 4.43. The van der Waals surface area contributed by atoms with Gasteiger partial charge in [0.25, 0.3) is 0 Å². The second-order valence-corrected chi connectivity index (χ2v) is 3.31. The molecule has 1 aromatic carbocycles. The summed E-state index contributed by atoms with van der Waals surface area (Å²) in [7, 11) is 1.07. The van der Waals surface area contributed by atoms with Crippen LogP contribution in [-0.2, 0) is 0 Å². The van der Waals surface area contributed by atoms with E-state index in [0.717, 1.165) is 13.6 Å². The minimum absolute atomic E-state index is 0.631. The minimum atomic E-state index is 0.631. The predicted molar refractivity (Wildman–Crippen MR) is 53.7 cm³/mol. The lowest BCUT2D eigenvalue weighted by Crippen LogP contribution is -2.11. The summed E-state index contributed by atoms with van der Waals surface area (Å²) in [5, 5.41) is 1.28. The molecule has 1 aromatic rings. The van der Waals surface area contributed by atoms with E-state index in [1.165, 1.54) is 5.46 Å². The minimum Gasteiger partial charge on any atom is -0.0830 e. The maximum Gasteiger partial charge on any atom is 0.157 e. The maximum absolute atomic E-state index is 5.82. The highest BCUT2D eigenvalue weighted by molar-refractivity contribution is 6.54. The SMILES string of the molecule is CCBc1ccc(Cl)c(Cl)c1. The largest absolute Gasteiger partial charge is 0.157 e. The van der Waals surface area contributed by atoms with E-state index in [-0.39, 0.29) is 0 Å². The Hall–Kier alpha value is -0.135. The smallest absolute Gasteiger partial charge is 0.0830 e. The number of hydrogen-bond acceptors (Lipinski definition) is 0. The van der Waals surface area contributed by atoms with Crippen LogP contribution < -0.4 is 5.46 Å². The van der Waals surface area contributed by atoms with Gasteiger partial charge in [-0.25, -0.2) is 0 Å². The Morgan fingerprint density at radius 2 is 2.00 bits per heavy atom. The van der Waals surface area contributed by atoms with Gasteiger partial charge < -0.3 is 0 Å². The van der Waals surface area contributed by atoms with Crippen LogP contribution in [0.4, 0.5) is 0 Å². The van der Waals surface area contributed by atoms with Crippen molar-refractivity contribution in [1.29, 1.82) is 0 Å². The Labute approximate surface area is 77.8 Å². The first kappa shape index (κ1) is 8.96. The number of benzene rings is 1. The molecule has 0 aromatic heterocycles. The molecule has 1 rings (SSSR count). The molecular formula is C8H9BCl2. The summed E-state index contributed by atoms with van der Waals surface area (Å²) in [4.78, 5) is 0. The zero-order chi connectivity index (χ0) is 8.27. The number of hydrogen-bond donors (Lipinski definition) is 0. The molecule has 0 nitrogen and oxygen atoms in total. The van der Waals surface area contributed by atoms with E-state index in [0.29, 0.717) is 10.0 Å². The fraction of sp³-hybridized carbons (Fsp3) is 0.250. The van der Waals surface area contributed by atoms with E-state index >= 15 is 0 Å². The fourth-order valence-electron chi connectivity index (χ4n) is 0.984. The molecule has 0 aliphatic rings. The van der Waals surface area contributed by atoms with Crippen molar-refractivity contribution in [3.63, 3.8) is 0 Å². The molecule has 0 amide bonds. The van der Waals surface area contributed by atoms with Crippen molar-refractivity contribution in [1.82, 2.24) is 0 Å². The van der Waals surface area contributed by atoms with Gasteiger partial charge in [0.15, 0.2) is 7.28 Å². The van der Waals surface area contributed by atoms with Crippen LogP contribution in [0.1, 0.15) is 6.92 Å². The summed E-state index contributed by atoms with van der Waals surface area (Å²) in [6, 6.07) is 5.78. The fourth-order valence-corrected chi connectivity index (χ4v) is 1.30. The first-order valence-electron chi connectivity index (χ1n) is 3.68. The van der Waals surface area contributed by atoms with E-state index < -0.39 is 0 Å². The average Bonchev–Trinajstić information content (AvgIpc) is 1.98. The molecule has 0 saturated carbocycles. The summed E-state index contributed by atoms with van der Waals surface area (Å²) in [6.45, 7) is 2.14. The van der Waals surface area contributed by atoms with Gasteiger partial charge in [-0.05, 0) is 12.1 Å². The summed E-state index contributed by atoms with van der Waals surface area (Å²) < 4.78 is 0. The van der Waals surface area contributed by atoms with Crippen molar-refractivity contribution < 1.29 is 0 Å². The van der Waals surface area contributed by atoms with Crippen LogP contribution in [0.3, 0.4) is 0 Å². The van der Waals surface area contributed by atoms with Gasteiger partial charge in [-0.2, -0.15) is 0 Å². The van der Waals surface area contributed by atoms with Crippen molar-refractivity contribution in [3.8, 4) is 0 Å². The topological polar surface area (TPSA) is 0 Å². The summed E-state index contributed by atoms with van der Waals surface area (Å²) >= 11 is 11.6. The van der Waals surface area contributed by atoms with Gasteiger partial charge in [0.05, 0.1) is 10.0 Å². The molecule has 0 aliphatic carbocycles. The van der Waals surface area contributed by atoms with E-state index in [1.807, 2.05) is 18.2 Å². The summed E-state index contributed by atoms with van der Waals surface area (Å²) in [5.41, 5.74) is 1.25.